The number of rotatable bonds is 41. The molecule has 0 atom stereocenters. The molecule has 9 heterocycles. The fraction of sp³-hybridized carbons (Fsp3) is 0.280. The van der Waals surface area contributed by atoms with Crippen LogP contribution in [0.2, 0.25) is 0 Å². The Bertz CT molecular complexity index is 6330. The third-order valence-corrected chi connectivity index (χ3v) is 21.1. The molecule has 145 heavy (non-hydrogen) atoms. The van der Waals surface area contributed by atoms with Gasteiger partial charge in [0.05, 0.1) is 0 Å². The van der Waals surface area contributed by atoms with Crippen LogP contribution < -0.4 is 94.5 Å². The smallest absolute Gasteiger partial charge is 0.250 e. The summed E-state index contributed by atoms with van der Waals surface area (Å²) in [5, 5.41) is 101. The Balaban J connectivity index is 0.000000167. The zero-order valence-electron chi connectivity index (χ0n) is 84.5. The van der Waals surface area contributed by atoms with Gasteiger partial charge in [0.1, 0.15) is 0 Å². The number of anilines is 20. The van der Waals surface area contributed by atoms with E-state index in [2.05, 4.69) is 339 Å². The van der Waals surface area contributed by atoms with E-state index in [1.807, 2.05) is 211 Å². The SMILES string of the molecule is CNc1n[nH]c(NCCCc2ccccc2)n1.CNc1n[nH]c(NCCc2ccccc2)n1.CNc1n[nH]c(NCc2ccccc2)n1.CNc1n[nH]c(Nc2ccccc2)n1.CNc1nc(N(C)CCCc2ccccc2)n[nH]1.CNc1nc(N(C)CCc2ccccc2)n[nH]1.CNc1nc(N(C)Cc2ccccc2)n[nH]1.CNc1nc(N(C)c2ccccc2)n[nH]1.Cn1c(N)nnc1NCCCc1ccccc1. The van der Waals surface area contributed by atoms with Gasteiger partial charge in [-0.25, -0.2) is 40.8 Å². The van der Waals surface area contributed by atoms with Crippen LogP contribution >= 0.6 is 0 Å². The van der Waals surface area contributed by atoms with Gasteiger partial charge in [0, 0.05) is 149 Å². The highest BCUT2D eigenvalue weighted by atomic mass is 15.4. The molecule has 0 amide bonds. The van der Waals surface area contributed by atoms with Crippen molar-refractivity contribution < 1.29 is 0 Å². The van der Waals surface area contributed by atoms with Gasteiger partial charge >= 0.3 is 0 Å². The van der Waals surface area contributed by atoms with E-state index in [1.165, 1.54) is 38.9 Å². The van der Waals surface area contributed by atoms with Crippen molar-refractivity contribution in [2.45, 2.75) is 64.5 Å². The number of nitrogens with zero attached hydrogens (tertiary/aromatic N) is 23. The van der Waals surface area contributed by atoms with Gasteiger partial charge < -0.3 is 94.5 Å². The molecule has 45 nitrogen and oxygen atoms in total. The average molecular weight is 1970 g/mol. The van der Waals surface area contributed by atoms with E-state index >= 15 is 0 Å². The normalized spacial score (nSPS) is 10.1. The lowest BCUT2D eigenvalue weighted by atomic mass is 10.1. The molecule has 0 aliphatic carbocycles. The second-order valence-corrected chi connectivity index (χ2v) is 31.8. The van der Waals surface area contributed by atoms with E-state index in [0.717, 1.165) is 120 Å². The maximum Gasteiger partial charge on any atom is 0.250 e. The minimum absolute atomic E-state index is 0.426. The summed E-state index contributed by atoms with van der Waals surface area (Å²) in [6.07, 6.45) is 8.37. The van der Waals surface area contributed by atoms with Crippen molar-refractivity contribution in [2.75, 3.05) is 212 Å². The Kier molecular flexibility index (Phi) is 46.9. The summed E-state index contributed by atoms with van der Waals surface area (Å²) in [6, 6.07) is 92.3. The molecule has 0 aliphatic rings. The van der Waals surface area contributed by atoms with Gasteiger partial charge in [-0.2, -0.15) is 39.9 Å². The summed E-state index contributed by atoms with van der Waals surface area (Å²) in [7, 11) is 24.1. The maximum atomic E-state index is 5.59. The molecule has 18 aromatic rings. The van der Waals surface area contributed by atoms with Crippen molar-refractivity contribution in [3.8, 4) is 0 Å². The minimum Gasteiger partial charge on any atom is -0.368 e. The second-order valence-electron chi connectivity index (χ2n) is 31.8. The molecule has 762 valence electrons. The number of hydrogen-bond donors (Lipinski definition) is 22. The molecule has 9 aromatic heterocycles. The Morgan fingerprint density at radius 2 is 0.593 bits per heavy atom. The number of para-hydroxylation sites is 2. The van der Waals surface area contributed by atoms with Crippen molar-refractivity contribution >= 4 is 118 Å². The van der Waals surface area contributed by atoms with Gasteiger partial charge in [0.15, 0.2) is 0 Å². The molecule has 0 saturated carbocycles. The van der Waals surface area contributed by atoms with Crippen LogP contribution in [0, 0.1) is 0 Å². The molecule has 0 aliphatic heterocycles. The highest BCUT2D eigenvalue weighted by molar-refractivity contribution is 5.57. The van der Waals surface area contributed by atoms with E-state index in [9.17, 15) is 0 Å². The summed E-state index contributed by atoms with van der Waals surface area (Å²) in [4.78, 5) is 41.8. The van der Waals surface area contributed by atoms with E-state index < -0.39 is 0 Å². The first-order valence-electron chi connectivity index (χ1n) is 47.4. The quantitative estimate of drug-likeness (QED) is 0.0158. The van der Waals surface area contributed by atoms with Crippen molar-refractivity contribution in [1.29, 1.82) is 0 Å². The number of aromatic nitrogens is 27. The van der Waals surface area contributed by atoms with Gasteiger partial charge in [0.2, 0.25) is 101 Å². The third kappa shape index (κ3) is 40.2. The molecule has 0 saturated heterocycles. The molecule has 23 N–H and O–H groups in total. The van der Waals surface area contributed by atoms with E-state index in [1.54, 1.807) is 39.8 Å². The predicted octanol–water partition coefficient (Wildman–Crippen LogP) is 14.4. The summed E-state index contributed by atoms with van der Waals surface area (Å²) >= 11 is 0. The van der Waals surface area contributed by atoms with Crippen molar-refractivity contribution in [3.63, 3.8) is 0 Å². The summed E-state index contributed by atoms with van der Waals surface area (Å²) < 4.78 is 1.74. The van der Waals surface area contributed by atoms with Crippen LogP contribution in [0.15, 0.2) is 273 Å². The average Bonchev–Trinajstić information content (AvgIpc) is 1.73. The van der Waals surface area contributed by atoms with Crippen LogP contribution in [0.1, 0.15) is 58.2 Å². The lowest BCUT2D eigenvalue weighted by Crippen LogP contribution is -2.21. The van der Waals surface area contributed by atoms with Crippen molar-refractivity contribution in [3.05, 3.63) is 312 Å². The van der Waals surface area contributed by atoms with Crippen LogP contribution in [-0.4, -0.2) is 254 Å². The number of nitrogen functional groups attached to an aromatic ring is 1. The fourth-order valence-electron chi connectivity index (χ4n) is 13.1. The first-order valence-corrected chi connectivity index (χ1v) is 47.4. The molecule has 9 aromatic carbocycles. The number of nitrogens with one attached hydrogen (secondary N) is 21. The number of H-pyrrole nitrogens is 8. The summed E-state index contributed by atoms with van der Waals surface area (Å²) in [5.41, 5.74) is 16.8. The Morgan fingerprint density at radius 3 is 0.986 bits per heavy atom. The van der Waals surface area contributed by atoms with E-state index in [4.69, 9.17) is 5.73 Å². The third-order valence-electron chi connectivity index (χ3n) is 21.1. The number of benzene rings is 9. The fourth-order valence-corrected chi connectivity index (χ4v) is 13.1. The van der Waals surface area contributed by atoms with Crippen LogP contribution in [0.3, 0.4) is 0 Å². The highest BCUT2D eigenvalue weighted by Crippen LogP contribution is 2.22. The number of hydrogen-bond acceptors (Lipinski definition) is 36. The number of nitrogens with two attached hydrogens (primary N) is 1. The highest BCUT2D eigenvalue weighted by Gasteiger charge is 2.14. The first-order chi connectivity index (χ1) is 71.0. The van der Waals surface area contributed by atoms with Crippen molar-refractivity contribution in [2.24, 2.45) is 7.05 Å². The predicted molar refractivity (Wildman–Crippen MR) is 586 cm³/mol. The largest absolute Gasteiger partial charge is 0.368 e. The second kappa shape index (κ2) is 62.6. The van der Waals surface area contributed by atoms with Crippen LogP contribution in [0.25, 0.3) is 0 Å². The molecular formula is C100H137N45. The maximum absolute atomic E-state index is 5.59. The van der Waals surface area contributed by atoms with Gasteiger partial charge in [-0.3, -0.25) is 4.57 Å². The molecule has 45 heteroatoms. The molecule has 0 spiro atoms. The van der Waals surface area contributed by atoms with Crippen LogP contribution in [-0.2, 0) is 52.2 Å². The summed E-state index contributed by atoms with van der Waals surface area (Å²) in [6.45, 7) is 5.94. The number of aromatic amines is 8. The number of aryl methyl sites for hydroxylation is 3. The van der Waals surface area contributed by atoms with Crippen LogP contribution in [0.4, 0.5) is 118 Å². The minimum atomic E-state index is 0.426. The number of likely N-dealkylation sites (N-methyl/N-ethyl adjacent to an activating group) is 1. The van der Waals surface area contributed by atoms with Gasteiger partial charge in [0.25, 0.3) is 5.95 Å². The zero-order valence-corrected chi connectivity index (χ0v) is 84.5. The van der Waals surface area contributed by atoms with E-state index in [-0.39, 0.29) is 0 Å². The van der Waals surface area contributed by atoms with Crippen LogP contribution in [0.5, 0.6) is 0 Å². The summed E-state index contributed by atoms with van der Waals surface area (Å²) in [5.74, 6) is 11.7. The zero-order chi connectivity index (χ0) is 102. The first kappa shape index (κ1) is 109. The van der Waals surface area contributed by atoms with E-state index in [0.29, 0.717) is 95.2 Å². The Morgan fingerprint density at radius 1 is 0.276 bits per heavy atom. The molecule has 18 rings (SSSR count). The lowest BCUT2D eigenvalue weighted by Gasteiger charge is -2.14. The van der Waals surface area contributed by atoms with Gasteiger partial charge in [-0.05, 0) is 115 Å². The lowest BCUT2D eigenvalue weighted by molar-refractivity contribution is 0.768. The van der Waals surface area contributed by atoms with Gasteiger partial charge in [-0.15, -0.1) is 51.0 Å². The monoisotopic (exact) mass is 1970 g/mol. The van der Waals surface area contributed by atoms with Gasteiger partial charge in [-0.1, -0.05) is 249 Å². The topological polar surface area (TPSA) is 559 Å². The molecule has 0 fully saturated rings. The standard InChI is InChI=1S/C13H19N5.3C12H17N5.2C11H15N5.2C10H13N5.C9H11N5/c1-14-12-15-13(17-16-12)18(2)10-6-9-11-7-4-3-5-8-11;1-13-11-14-12(16-15-11)17(2)9-8-10-6-4-3-5-7-10;1-17-11(13)15-16-12(17)14-9-5-8-10-6-3-2-4-7-10;1-13-11-15-12(17-16-11)14-9-5-8-10-6-3-2-4-7-10;1-12-10-13-11(15-14-10)16(2)8-9-6-4-3-5-7-9;1-12-10-14-11(16-15-10)13-8-7-9-5-3-2-4-6-9;1-11-9-12-10(14-13-9)15(2)8-6-4-3-5-7-8;1-11-9-13-10(15-14-9)12-7-8-5-3-2-4-6-8;1-10-8-12-9(14-13-8)11-7-5-3-2-4-6-7/h3-5,7-8H,6,9-10H2,1-2H3,(H2,14,15,16,17);3-7H,8-9H2,1-2H3,(H2,13,14,15,16);2-4,6-7H,5,8-9H2,1H3,(H2,13,15)(H,14,16);2-4,6-7H,5,8-9H2,1H3,(H3,13,14,15,16,17);3-7H,8H2,1-2H3,(H2,12,13,14,15);2-6H,7-8H2,1H3,(H3,12,13,14,15,16);3-7H,1-2H3,(H2,11,12,13,14);2-6H,7H2,1H3,(H3,11,12,13,14,15);2-6H,1H3,(H3,10,11,12,13,14). The Hall–Kier alpha value is -18.4. The molecule has 0 bridgehead atoms. The molecular weight excluding hydrogens is 1830 g/mol. The molecule has 0 unspecified atom stereocenters. The Labute approximate surface area is 845 Å². The molecule has 0 radical (unpaired) electrons. The van der Waals surface area contributed by atoms with Crippen molar-refractivity contribution in [1.82, 2.24) is 136 Å².